The molecule has 0 bridgehead atoms. The van der Waals surface area contributed by atoms with Crippen LogP contribution in [0.4, 0.5) is 0 Å². The smallest absolute Gasteiger partial charge is 0.0211 e. The van der Waals surface area contributed by atoms with Crippen molar-refractivity contribution in [2.75, 3.05) is 0 Å². The highest BCUT2D eigenvalue weighted by Gasteiger charge is 2.44. The third-order valence-corrected chi connectivity index (χ3v) is 5.41. The molecule has 0 aliphatic heterocycles. The maximum absolute atomic E-state index is 2.48. The fraction of sp³-hybridized carbons (Fsp3) is 0.474. The summed E-state index contributed by atoms with van der Waals surface area (Å²) in [4.78, 5) is 0. The van der Waals surface area contributed by atoms with Crippen molar-refractivity contribution in [1.29, 1.82) is 0 Å². The number of rotatable bonds is 0. The molecule has 3 aliphatic carbocycles. The second-order valence-corrected chi connectivity index (χ2v) is 6.53. The molecule has 0 saturated heterocycles. The van der Waals surface area contributed by atoms with Crippen molar-refractivity contribution in [2.24, 2.45) is 0 Å². The molecule has 1 aromatic rings. The number of aryl methyl sites for hydroxylation is 1. The van der Waals surface area contributed by atoms with Gasteiger partial charge in [-0.15, -0.1) is 0 Å². The zero-order valence-corrected chi connectivity index (χ0v) is 11.8. The van der Waals surface area contributed by atoms with Crippen molar-refractivity contribution in [3.8, 4) is 0 Å². The van der Waals surface area contributed by atoms with Crippen LogP contribution in [0.1, 0.15) is 61.6 Å². The molecule has 4 rings (SSSR count). The molecule has 0 unspecified atom stereocenters. The second-order valence-electron chi connectivity index (χ2n) is 6.53. The van der Waals surface area contributed by atoms with Gasteiger partial charge in [-0.3, -0.25) is 0 Å². The van der Waals surface area contributed by atoms with Gasteiger partial charge >= 0.3 is 0 Å². The minimum atomic E-state index is 0.381. The van der Waals surface area contributed by atoms with E-state index >= 15 is 0 Å². The Morgan fingerprint density at radius 1 is 1.05 bits per heavy atom. The molecule has 1 aromatic carbocycles. The van der Waals surface area contributed by atoms with E-state index < -0.39 is 0 Å². The summed E-state index contributed by atoms with van der Waals surface area (Å²) < 4.78 is 0. The monoisotopic (exact) mass is 250 g/mol. The van der Waals surface area contributed by atoms with E-state index in [1.165, 1.54) is 50.5 Å². The van der Waals surface area contributed by atoms with Gasteiger partial charge in [-0.25, -0.2) is 0 Å². The third-order valence-electron chi connectivity index (χ3n) is 5.41. The average Bonchev–Trinajstić information content (AvgIpc) is 2.71. The summed E-state index contributed by atoms with van der Waals surface area (Å²) in [6.07, 6.45) is 14.3. The van der Waals surface area contributed by atoms with Crippen molar-refractivity contribution in [3.63, 3.8) is 0 Å². The molecule has 0 nitrogen and oxygen atoms in total. The zero-order valence-electron chi connectivity index (χ0n) is 11.8. The SMILES string of the molecule is Cc1ccc2c(c1)C1(CCCCC1)C1=C2CCC=C1. The Morgan fingerprint density at radius 2 is 1.89 bits per heavy atom. The molecule has 0 N–H and O–H groups in total. The van der Waals surface area contributed by atoms with Crippen LogP contribution in [0.2, 0.25) is 0 Å². The standard InChI is InChI=1S/C19H22/c1-14-9-10-16-15-7-3-4-8-17(15)19(18(16)13-14)11-5-2-6-12-19/h4,8-10,13H,2-3,5-7,11-12H2,1H3. The Bertz CT molecular complexity index is 580. The predicted octanol–water partition coefficient (Wildman–Crippen LogP) is 5.31. The molecule has 3 aliphatic rings. The van der Waals surface area contributed by atoms with Gasteiger partial charge < -0.3 is 0 Å². The highest BCUT2D eigenvalue weighted by molar-refractivity contribution is 5.83. The number of allylic oxidation sites excluding steroid dienone is 4. The van der Waals surface area contributed by atoms with Crippen LogP contribution >= 0.6 is 0 Å². The highest BCUT2D eigenvalue weighted by Crippen LogP contribution is 2.56. The van der Waals surface area contributed by atoms with Gasteiger partial charge in [0.25, 0.3) is 0 Å². The third kappa shape index (κ3) is 1.52. The van der Waals surface area contributed by atoms with Crippen molar-refractivity contribution in [2.45, 2.75) is 57.3 Å². The Morgan fingerprint density at radius 3 is 2.74 bits per heavy atom. The molecular weight excluding hydrogens is 228 g/mol. The minimum absolute atomic E-state index is 0.381. The van der Waals surface area contributed by atoms with Gasteiger partial charge in [0.2, 0.25) is 0 Å². The summed E-state index contributed by atoms with van der Waals surface area (Å²) in [7, 11) is 0. The van der Waals surface area contributed by atoms with E-state index in [0.29, 0.717) is 5.41 Å². The van der Waals surface area contributed by atoms with Crippen molar-refractivity contribution < 1.29 is 0 Å². The van der Waals surface area contributed by atoms with Gasteiger partial charge in [0, 0.05) is 5.41 Å². The van der Waals surface area contributed by atoms with Crippen molar-refractivity contribution in [1.82, 2.24) is 0 Å². The topological polar surface area (TPSA) is 0 Å². The van der Waals surface area contributed by atoms with E-state index in [4.69, 9.17) is 0 Å². The molecule has 0 aromatic heterocycles. The Labute approximate surface area is 116 Å². The van der Waals surface area contributed by atoms with Crippen LogP contribution < -0.4 is 0 Å². The van der Waals surface area contributed by atoms with Gasteiger partial charge in [0.05, 0.1) is 0 Å². The number of benzene rings is 1. The lowest BCUT2D eigenvalue weighted by molar-refractivity contribution is 0.350. The Kier molecular flexibility index (Phi) is 2.48. The Balaban J connectivity index is 1.96. The first-order chi connectivity index (χ1) is 9.31. The fourth-order valence-electron chi connectivity index (χ4n) is 4.55. The molecule has 0 heterocycles. The highest BCUT2D eigenvalue weighted by atomic mass is 14.5. The van der Waals surface area contributed by atoms with Gasteiger partial charge in [-0.2, -0.15) is 0 Å². The molecular formula is C19H22. The molecule has 0 amide bonds. The van der Waals surface area contributed by atoms with E-state index in [1.54, 1.807) is 22.3 Å². The molecule has 1 spiro atoms. The minimum Gasteiger partial charge on any atom is -0.0839 e. The number of hydrogen-bond acceptors (Lipinski definition) is 0. The fourth-order valence-corrected chi connectivity index (χ4v) is 4.55. The van der Waals surface area contributed by atoms with Crippen LogP contribution in [0.25, 0.3) is 5.57 Å². The molecule has 0 atom stereocenters. The molecule has 0 heteroatoms. The zero-order chi connectivity index (χ0) is 12.9. The van der Waals surface area contributed by atoms with Crippen LogP contribution in [0.3, 0.4) is 0 Å². The summed E-state index contributed by atoms with van der Waals surface area (Å²) in [5.74, 6) is 0. The van der Waals surface area contributed by atoms with Crippen LogP contribution in [0.5, 0.6) is 0 Å². The lowest BCUT2D eigenvalue weighted by Gasteiger charge is -2.37. The first-order valence-corrected chi connectivity index (χ1v) is 7.83. The summed E-state index contributed by atoms with van der Waals surface area (Å²) in [5.41, 5.74) is 8.38. The first kappa shape index (κ1) is 11.5. The maximum atomic E-state index is 2.48. The van der Waals surface area contributed by atoms with Crippen molar-refractivity contribution in [3.05, 3.63) is 52.6 Å². The maximum Gasteiger partial charge on any atom is 0.0211 e. The molecule has 0 radical (unpaired) electrons. The first-order valence-electron chi connectivity index (χ1n) is 7.83. The summed E-state index contributed by atoms with van der Waals surface area (Å²) >= 11 is 0. The quantitative estimate of drug-likeness (QED) is 0.585. The van der Waals surface area contributed by atoms with Gasteiger partial charge in [-0.1, -0.05) is 55.2 Å². The van der Waals surface area contributed by atoms with Gasteiger partial charge in [0.15, 0.2) is 0 Å². The summed E-state index contributed by atoms with van der Waals surface area (Å²) in [5, 5.41) is 0. The summed E-state index contributed by atoms with van der Waals surface area (Å²) in [6, 6.07) is 7.17. The number of fused-ring (bicyclic) bond motifs is 4. The van der Waals surface area contributed by atoms with E-state index in [9.17, 15) is 0 Å². The lowest BCUT2D eigenvalue weighted by atomic mass is 9.66. The van der Waals surface area contributed by atoms with Crippen LogP contribution in [-0.2, 0) is 5.41 Å². The van der Waals surface area contributed by atoms with Gasteiger partial charge in [0.1, 0.15) is 0 Å². The summed E-state index contributed by atoms with van der Waals surface area (Å²) in [6.45, 7) is 2.24. The molecule has 1 fully saturated rings. The number of hydrogen-bond donors (Lipinski definition) is 0. The molecule has 1 saturated carbocycles. The molecule has 98 valence electrons. The van der Waals surface area contributed by atoms with E-state index in [1.807, 2.05) is 0 Å². The van der Waals surface area contributed by atoms with E-state index in [-0.39, 0.29) is 0 Å². The molecule has 19 heavy (non-hydrogen) atoms. The van der Waals surface area contributed by atoms with Crippen LogP contribution in [0, 0.1) is 6.92 Å². The predicted molar refractivity (Wildman–Crippen MR) is 81.2 cm³/mol. The Hall–Kier alpha value is -1.30. The van der Waals surface area contributed by atoms with Crippen LogP contribution in [-0.4, -0.2) is 0 Å². The van der Waals surface area contributed by atoms with Crippen LogP contribution in [0.15, 0.2) is 35.9 Å². The van der Waals surface area contributed by atoms with Crippen molar-refractivity contribution >= 4 is 5.57 Å². The second kappa shape index (κ2) is 4.10. The van der Waals surface area contributed by atoms with Gasteiger partial charge in [-0.05, 0) is 54.9 Å². The van der Waals surface area contributed by atoms with E-state index in [2.05, 4.69) is 37.3 Å². The normalized spacial score (nSPS) is 23.6. The average molecular weight is 250 g/mol. The lowest BCUT2D eigenvalue weighted by Crippen LogP contribution is -2.29. The largest absolute Gasteiger partial charge is 0.0839 e. The van der Waals surface area contributed by atoms with E-state index in [0.717, 1.165) is 0 Å².